The van der Waals surface area contributed by atoms with Gasteiger partial charge in [-0.25, -0.2) is 12.7 Å². The highest BCUT2D eigenvalue weighted by Crippen LogP contribution is 2.53. The Hall–Kier alpha value is -0.210. The molecular formula is C23H39NO5S. The summed E-state index contributed by atoms with van der Waals surface area (Å²) in [5.41, 5.74) is 0. The van der Waals surface area contributed by atoms with E-state index in [9.17, 15) is 8.42 Å². The van der Waals surface area contributed by atoms with Crippen molar-refractivity contribution in [1.29, 1.82) is 0 Å². The number of ether oxygens (including phenoxy) is 1. The minimum absolute atomic E-state index is 0.190. The van der Waals surface area contributed by atoms with E-state index in [0.717, 1.165) is 56.8 Å². The maximum Gasteiger partial charge on any atom is 0.214 e. The fourth-order valence-corrected chi connectivity index (χ4v) is 8.84. The lowest BCUT2D eigenvalue weighted by Crippen LogP contribution is -2.45. The summed E-state index contributed by atoms with van der Waals surface area (Å²) < 4.78 is 33.9. The molecule has 2 unspecified atom stereocenters. The van der Waals surface area contributed by atoms with Crippen LogP contribution in [0.25, 0.3) is 0 Å². The second-order valence-electron chi connectivity index (χ2n) is 10.9. The van der Waals surface area contributed by atoms with Gasteiger partial charge in [-0.1, -0.05) is 25.7 Å². The number of piperidine rings is 1. The van der Waals surface area contributed by atoms with Crippen LogP contribution < -0.4 is 0 Å². The fourth-order valence-electron chi connectivity index (χ4n) is 6.89. The zero-order valence-corrected chi connectivity index (χ0v) is 19.3. The molecule has 5 aliphatic rings. The Morgan fingerprint density at radius 2 is 1.53 bits per heavy atom. The van der Waals surface area contributed by atoms with E-state index in [1.807, 2.05) is 0 Å². The van der Waals surface area contributed by atoms with E-state index in [-0.39, 0.29) is 11.7 Å². The molecule has 0 N–H and O–H groups in total. The predicted molar refractivity (Wildman–Crippen MR) is 114 cm³/mol. The van der Waals surface area contributed by atoms with Crippen molar-refractivity contribution in [2.24, 2.45) is 23.7 Å². The standard InChI is InChI=1S/C23H39NO5S/c1-22(21-15-19-6-5-7-20(14-19)16-21)27-23(29-28-22)10-8-18(9-11-23)17-30(25,26)24-12-3-2-4-13-24/h18-21H,2-17H2,1H3/t18-,19?,20?,21?,22-,23+/m0/s1. The molecule has 172 valence electrons. The maximum atomic E-state index is 12.8. The molecule has 3 aliphatic carbocycles. The van der Waals surface area contributed by atoms with Gasteiger partial charge in [-0.2, -0.15) is 9.78 Å². The van der Waals surface area contributed by atoms with Gasteiger partial charge in [0.1, 0.15) is 0 Å². The third-order valence-corrected chi connectivity index (χ3v) is 10.7. The van der Waals surface area contributed by atoms with Crippen molar-refractivity contribution in [3.05, 3.63) is 0 Å². The average molecular weight is 442 g/mol. The fraction of sp³-hybridized carbons (Fsp3) is 1.00. The molecule has 0 radical (unpaired) electrons. The van der Waals surface area contributed by atoms with Crippen molar-refractivity contribution in [3.8, 4) is 0 Å². The van der Waals surface area contributed by atoms with E-state index in [4.69, 9.17) is 14.5 Å². The van der Waals surface area contributed by atoms with Crippen LogP contribution in [0, 0.1) is 23.7 Å². The molecule has 5 rings (SSSR count). The van der Waals surface area contributed by atoms with Gasteiger partial charge in [0.05, 0.1) is 5.75 Å². The highest BCUT2D eigenvalue weighted by molar-refractivity contribution is 7.89. The van der Waals surface area contributed by atoms with Gasteiger partial charge >= 0.3 is 0 Å². The Kier molecular flexibility index (Phi) is 5.98. The van der Waals surface area contributed by atoms with Gasteiger partial charge < -0.3 is 4.74 Å². The first-order valence-electron chi connectivity index (χ1n) is 12.4. The normalized spacial score (nSPS) is 45.6. The highest BCUT2D eigenvalue weighted by Gasteiger charge is 2.56. The van der Waals surface area contributed by atoms with Gasteiger partial charge in [0.2, 0.25) is 21.6 Å². The molecule has 2 aliphatic heterocycles. The predicted octanol–water partition coefficient (Wildman–Crippen LogP) is 4.60. The van der Waals surface area contributed by atoms with Crippen LogP contribution in [0.4, 0.5) is 0 Å². The van der Waals surface area contributed by atoms with Crippen LogP contribution in [0.3, 0.4) is 0 Å². The molecule has 3 atom stereocenters. The van der Waals surface area contributed by atoms with Crippen LogP contribution in [-0.4, -0.2) is 43.1 Å². The monoisotopic (exact) mass is 441 g/mol. The Bertz CT molecular complexity index is 701. The molecule has 5 fully saturated rings. The minimum atomic E-state index is -3.15. The zero-order chi connectivity index (χ0) is 20.8. The topological polar surface area (TPSA) is 65.1 Å². The van der Waals surface area contributed by atoms with E-state index in [2.05, 4.69) is 6.92 Å². The Labute approximate surface area is 182 Å². The summed E-state index contributed by atoms with van der Waals surface area (Å²) in [6.07, 6.45) is 14.1. The first kappa shape index (κ1) is 21.6. The molecule has 0 amide bonds. The van der Waals surface area contributed by atoms with Crippen molar-refractivity contribution in [2.45, 2.75) is 102 Å². The number of sulfonamides is 1. The summed E-state index contributed by atoms with van der Waals surface area (Å²) in [6.45, 7) is 3.46. The van der Waals surface area contributed by atoms with Crippen LogP contribution in [0.5, 0.6) is 0 Å². The molecule has 2 heterocycles. The SMILES string of the molecule is C[C@@]1(C2CC3CCCC(C3)C2)OO[C@]2(CC[C@@H](CS(=O)(=O)N3CCCCC3)CC2)O1. The zero-order valence-electron chi connectivity index (χ0n) is 18.5. The lowest BCUT2D eigenvalue weighted by molar-refractivity contribution is -0.361. The molecule has 2 saturated heterocycles. The average Bonchev–Trinajstić information content (AvgIpc) is 3.08. The number of hydrogen-bond donors (Lipinski definition) is 0. The molecular weight excluding hydrogens is 402 g/mol. The Morgan fingerprint density at radius 1 is 0.867 bits per heavy atom. The molecule has 0 aromatic carbocycles. The second-order valence-corrected chi connectivity index (χ2v) is 13.0. The van der Waals surface area contributed by atoms with Gasteiger partial charge in [0.25, 0.3) is 0 Å². The smallest absolute Gasteiger partial charge is 0.214 e. The van der Waals surface area contributed by atoms with Crippen molar-refractivity contribution in [2.75, 3.05) is 18.8 Å². The lowest BCUT2D eigenvalue weighted by Gasteiger charge is -2.44. The van der Waals surface area contributed by atoms with E-state index >= 15 is 0 Å². The first-order valence-corrected chi connectivity index (χ1v) is 14.0. The lowest BCUT2D eigenvalue weighted by atomic mass is 9.66. The molecule has 2 bridgehead atoms. The second kappa shape index (κ2) is 8.29. The van der Waals surface area contributed by atoms with Crippen molar-refractivity contribution in [3.63, 3.8) is 0 Å². The summed E-state index contributed by atoms with van der Waals surface area (Å²) in [6, 6.07) is 0. The quantitative estimate of drug-likeness (QED) is 0.597. The van der Waals surface area contributed by atoms with E-state index in [1.165, 1.54) is 38.5 Å². The summed E-state index contributed by atoms with van der Waals surface area (Å²) in [7, 11) is -3.15. The number of nitrogens with zero attached hydrogens (tertiary/aromatic N) is 1. The number of fused-ring (bicyclic) bond motifs is 2. The molecule has 0 aromatic heterocycles. The van der Waals surface area contributed by atoms with Gasteiger partial charge in [-0.3, -0.25) is 0 Å². The molecule has 1 spiro atoms. The van der Waals surface area contributed by atoms with Crippen LogP contribution >= 0.6 is 0 Å². The van der Waals surface area contributed by atoms with E-state index < -0.39 is 21.6 Å². The van der Waals surface area contributed by atoms with E-state index in [0.29, 0.717) is 19.0 Å². The van der Waals surface area contributed by atoms with Gasteiger partial charge in [0, 0.05) is 31.8 Å². The van der Waals surface area contributed by atoms with Crippen LogP contribution in [0.1, 0.15) is 90.4 Å². The minimum Gasteiger partial charge on any atom is -0.312 e. The third-order valence-electron chi connectivity index (χ3n) is 8.64. The molecule has 30 heavy (non-hydrogen) atoms. The van der Waals surface area contributed by atoms with E-state index in [1.54, 1.807) is 4.31 Å². The van der Waals surface area contributed by atoms with Crippen molar-refractivity contribution in [1.82, 2.24) is 4.31 Å². The van der Waals surface area contributed by atoms with Crippen LogP contribution in [-0.2, 0) is 24.5 Å². The van der Waals surface area contributed by atoms with Gasteiger partial charge in [0.15, 0.2) is 0 Å². The molecule has 7 heteroatoms. The molecule has 3 saturated carbocycles. The number of hydrogen-bond acceptors (Lipinski definition) is 5. The van der Waals surface area contributed by atoms with Crippen LogP contribution in [0.2, 0.25) is 0 Å². The summed E-state index contributed by atoms with van der Waals surface area (Å²) in [5.74, 6) is 1.17. The third kappa shape index (κ3) is 4.34. The molecule has 0 aromatic rings. The van der Waals surface area contributed by atoms with Crippen molar-refractivity contribution >= 4 is 10.0 Å². The maximum absolute atomic E-state index is 12.8. The Balaban J connectivity index is 1.16. The van der Waals surface area contributed by atoms with Crippen molar-refractivity contribution < 1.29 is 22.9 Å². The summed E-state index contributed by atoms with van der Waals surface area (Å²) >= 11 is 0. The van der Waals surface area contributed by atoms with Gasteiger partial charge in [-0.15, -0.1) is 0 Å². The molecule has 6 nitrogen and oxygen atoms in total. The largest absolute Gasteiger partial charge is 0.312 e. The summed E-state index contributed by atoms with van der Waals surface area (Å²) in [4.78, 5) is 11.8. The Morgan fingerprint density at radius 3 is 2.20 bits per heavy atom. The number of rotatable bonds is 4. The first-order chi connectivity index (χ1) is 14.4. The van der Waals surface area contributed by atoms with Crippen LogP contribution in [0.15, 0.2) is 0 Å². The highest BCUT2D eigenvalue weighted by atomic mass is 32.2. The summed E-state index contributed by atoms with van der Waals surface area (Å²) in [5, 5.41) is 0. The van der Waals surface area contributed by atoms with Gasteiger partial charge in [-0.05, 0) is 69.6 Å².